The number of phenols is 1. The lowest BCUT2D eigenvalue weighted by Gasteiger charge is -2.17. The zero-order valence-electron chi connectivity index (χ0n) is 15.1. The molecule has 6 nitrogen and oxygen atoms in total. The Morgan fingerprint density at radius 1 is 1.22 bits per heavy atom. The molecule has 2 N–H and O–H groups in total. The topological polar surface area (TPSA) is 86.7 Å². The minimum Gasteiger partial charge on any atom is -0.506 e. The lowest BCUT2D eigenvalue weighted by atomic mass is 10.1. The molecule has 1 heterocycles. The summed E-state index contributed by atoms with van der Waals surface area (Å²) in [6, 6.07) is 12.1. The smallest absolute Gasteiger partial charge is 0.293 e. The van der Waals surface area contributed by atoms with Crippen LogP contribution in [-0.4, -0.2) is 27.4 Å². The highest BCUT2D eigenvalue weighted by Crippen LogP contribution is 2.35. The second-order valence-corrected chi connectivity index (χ2v) is 7.46. The fourth-order valence-electron chi connectivity index (χ4n) is 2.95. The Morgan fingerprint density at radius 3 is 2.70 bits per heavy atom. The van der Waals surface area contributed by atoms with Crippen LogP contribution in [0.2, 0.25) is 0 Å². The third kappa shape index (κ3) is 3.98. The lowest BCUT2D eigenvalue weighted by molar-refractivity contribution is -0.121. The van der Waals surface area contributed by atoms with Gasteiger partial charge in [0, 0.05) is 6.42 Å². The van der Waals surface area contributed by atoms with E-state index in [1.54, 1.807) is 24.3 Å². The number of nitrogens with zero attached hydrogens (tertiary/aromatic N) is 1. The number of hydrogen-bond donors (Lipinski definition) is 2. The minimum absolute atomic E-state index is 0.0473. The molecule has 3 rings (SSSR count). The van der Waals surface area contributed by atoms with Crippen molar-refractivity contribution in [3.63, 3.8) is 0 Å². The summed E-state index contributed by atoms with van der Waals surface area (Å²) in [6.07, 6.45) is 0.545. The normalized spacial score (nSPS) is 16.7. The number of aromatic hydroxyl groups is 1. The number of thioether (sulfide) groups is 1. The standard InChI is InChI=1S/C20H20N2O4S/c1-3-13-6-4-5-7-15(13)22-19(25)17(27-20(22)26)11-18(24)21-14-10-12(2)8-9-16(14)23/h4-10,17,23H,3,11H2,1-2H3,(H,21,24). The number of hydrogen-bond acceptors (Lipinski definition) is 5. The monoisotopic (exact) mass is 384 g/mol. The molecule has 3 amide bonds. The van der Waals surface area contributed by atoms with E-state index in [4.69, 9.17) is 0 Å². The highest BCUT2D eigenvalue weighted by atomic mass is 32.2. The number of carbonyl (C=O) groups excluding carboxylic acids is 3. The minimum atomic E-state index is -0.783. The number of carbonyl (C=O) groups is 3. The molecule has 1 fully saturated rings. The van der Waals surface area contributed by atoms with E-state index in [2.05, 4.69) is 5.32 Å². The van der Waals surface area contributed by atoms with Crippen molar-refractivity contribution in [3.8, 4) is 5.75 Å². The SMILES string of the molecule is CCc1ccccc1N1C(=O)SC(CC(=O)Nc2cc(C)ccc2O)C1=O. The van der Waals surface area contributed by atoms with Crippen molar-refractivity contribution in [3.05, 3.63) is 53.6 Å². The average Bonchev–Trinajstić information content (AvgIpc) is 2.91. The van der Waals surface area contributed by atoms with Gasteiger partial charge in [0.25, 0.3) is 5.24 Å². The third-order valence-electron chi connectivity index (χ3n) is 4.33. The molecule has 2 aromatic carbocycles. The predicted molar refractivity (Wildman–Crippen MR) is 106 cm³/mol. The first-order valence-electron chi connectivity index (χ1n) is 8.62. The molecule has 27 heavy (non-hydrogen) atoms. The third-order valence-corrected chi connectivity index (χ3v) is 5.37. The molecule has 0 bridgehead atoms. The molecule has 1 atom stereocenters. The summed E-state index contributed by atoms with van der Waals surface area (Å²) < 4.78 is 0. The van der Waals surface area contributed by atoms with E-state index in [-0.39, 0.29) is 23.1 Å². The van der Waals surface area contributed by atoms with E-state index in [1.165, 1.54) is 6.07 Å². The maximum atomic E-state index is 12.7. The Morgan fingerprint density at radius 2 is 1.96 bits per heavy atom. The Balaban J connectivity index is 1.73. The van der Waals surface area contributed by atoms with Crippen LogP contribution in [-0.2, 0) is 16.0 Å². The molecule has 7 heteroatoms. The van der Waals surface area contributed by atoms with Gasteiger partial charge in [0.15, 0.2) is 0 Å². The van der Waals surface area contributed by atoms with Crippen LogP contribution in [0.1, 0.15) is 24.5 Å². The van der Waals surface area contributed by atoms with E-state index in [1.807, 2.05) is 26.0 Å². The summed E-state index contributed by atoms with van der Waals surface area (Å²) in [7, 11) is 0. The fraction of sp³-hybridized carbons (Fsp3) is 0.250. The molecule has 140 valence electrons. The van der Waals surface area contributed by atoms with Gasteiger partial charge in [-0.25, -0.2) is 4.90 Å². The zero-order chi connectivity index (χ0) is 19.6. The van der Waals surface area contributed by atoms with Crippen molar-refractivity contribution in [2.45, 2.75) is 31.9 Å². The molecular weight excluding hydrogens is 364 g/mol. The Kier molecular flexibility index (Phi) is 5.51. The molecule has 1 saturated heterocycles. The van der Waals surface area contributed by atoms with Gasteiger partial charge in [-0.15, -0.1) is 0 Å². The maximum Gasteiger partial charge on any atom is 0.293 e. The predicted octanol–water partition coefficient (Wildman–Crippen LogP) is 3.86. The van der Waals surface area contributed by atoms with Gasteiger partial charge in [0.1, 0.15) is 11.0 Å². The van der Waals surface area contributed by atoms with Crippen molar-refractivity contribution >= 4 is 40.2 Å². The van der Waals surface area contributed by atoms with Crippen molar-refractivity contribution in [1.29, 1.82) is 0 Å². The van der Waals surface area contributed by atoms with Crippen LogP contribution in [0.25, 0.3) is 0 Å². The number of anilines is 2. The molecule has 0 saturated carbocycles. The van der Waals surface area contributed by atoms with Crippen LogP contribution in [0.4, 0.5) is 16.2 Å². The molecule has 0 aliphatic carbocycles. The van der Waals surface area contributed by atoms with Crippen LogP contribution in [0.3, 0.4) is 0 Å². The number of nitrogens with one attached hydrogen (secondary N) is 1. The van der Waals surface area contributed by atoms with E-state index in [0.717, 1.165) is 27.8 Å². The van der Waals surface area contributed by atoms with Gasteiger partial charge in [-0.05, 0) is 54.4 Å². The van der Waals surface area contributed by atoms with Crippen LogP contribution in [0.5, 0.6) is 5.75 Å². The van der Waals surface area contributed by atoms with Gasteiger partial charge in [-0.3, -0.25) is 14.4 Å². The first kappa shape index (κ1) is 19.0. The van der Waals surface area contributed by atoms with Crippen molar-refractivity contribution in [2.75, 3.05) is 10.2 Å². The molecule has 1 unspecified atom stereocenters. The Labute approximate surface area is 161 Å². The number of rotatable bonds is 5. The number of phenolic OH excluding ortho intramolecular Hbond substituents is 1. The molecule has 2 aromatic rings. The van der Waals surface area contributed by atoms with Gasteiger partial charge in [-0.1, -0.05) is 31.2 Å². The first-order chi connectivity index (χ1) is 12.9. The fourth-order valence-corrected chi connectivity index (χ4v) is 3.93. The van der Waals surface area contributed by atoms with Gasteiger partial charge in [0.2, 0.25) is 11.8 Å². The van der Waals surface area contributed by atoms with Crippen molar-refractivity contribution in [1.82, 2.24) is 0 Å². The summed E-state index contributed by atoms with van der Waals surface area (Å²) >= 11 is 0.856. The van der Waals surface area contributed by atoms with E-state index >= 15 is 0 Å². The molecule has 0 spiro atoms. The molecule has 0 aromatic heterocycles. The summed E-state index contributed by atoms with van der Waals surface area (Å²) in [6.45, 7) is 3.80. The highest BCUT2D eigenvalue weighted by Gasteiger charge is 2.42. The Bertz CT molecular complexity index is 913. The second kappa shape index (κ2) is 7.84. The van der Waals surface area contributed by atoms with Crippen molar-refractivity contribution < 1.29 is 19.5 Å². The van der Waals surface area contributed by atoms with E-state index in [0.29, 0.717) is 12.1 Å². The number of para-hydroxylation sites is 1. The number of imide groups is 1. The van der Waals surface area contributed by atoms with Crippen LogP contribution < -0.4 is 10.2 Å². The summed E-state index contributed by atoms with van der Waals surface area (Å²) in [5, 5.41) is 11.3. The van der Waals surface area contributed by atoms with Gasteiger partial charge < -0.3 is 10.4 Å². The molecule has 1 aliphatic rings. The van der Waals surface area contributed by atoms with E-state index in [9.17, 15) is 19.5 Å². The van der Waals surface area contributed by atoms with Gasteiger partial charge >= 0.3 is 0 Å². The first-order valence-corrected chi connectivity index (χ1v) is 9.50. The van der Waals surface area contributed by atoms with Crippen molar-refractivity contribution in [2.24, 2.45) is 0 Å². The number of benzene rings is 2. The summed E-state index contributed by atoms with van der Waals surface area (Å²) in [5.41, 5.74) is 2.64. The maximum absolute atomic E-state index is 12.7. The molecule has 1 aliphatic heterocycles. The van der Waals surface area contributed by atoms with Crippen LogP contribution in [0, 0.1) is 6.92 Å². The van der Waals surface area contributed by atoms with Crippen LogP contribution >= 0.6 is 11.8 Å². The zero-order valence-corrected chi connectivity index (χ0v) is 15.9. The number of amides is 3. The summed E-state index contributed by atoms with van der Waals surface area (Å²) in [5.74, 6) is -0.872. The Hall–Kier alpha value is -2.80. The lowest BCUT2D eigenvalue weighted by Crippen LogP contribution is -2.33. The number of aryl methyl sites for hydroxylation is 2. The summed E-state index contributed by atoms with van der Waals surface area (Å²) in [4.78, 5) is 38.6. The van der Waals surface area contributed by atoms with Crippen LogP contribution in [0.15, 0.2) is 42.5 Å². The van der Waals surface area contributed by atoms with Gasteiger partial charge in [-0.2, -0.15) is 0 Å². The molecular formula is C20H20N2O4S. The van der Waals surface area contributed by atoms with Gasteiger partial charge in [0.05, 0.1) is 11.4 Å². The molecule has 0 radical (unpaired) electrons. The van der Waals surface area contributed by atoms with E-state index < -0.39 is 17.1 Å². The second-order valence-electron chi connectivity index (χ2n) is 6.30. The highest BCUT2D eigenvalue weighted by molar-refractivity contribution is 8.15. The average molecular weight is 384 g/mol. The largest absolute Gasteiger partial charge is 0.506 e. The quantitative estimate of drug-likeness (QED) is 0.765.